The summed E-state index contributed by atoms with van der Waals surface area (Å²) in [4.78, 5) is 62.8. The topological polar surface area (TPSA) is 166 Å². The van der Waals surface area contributed by atoms with Gasteiger partial charge < -0.3 is 38.1 Å². The number of hydrogen-bond acceptors (Lipinski definition) is 12. The maximum Gasteiger partial charge on any atom is 0.358 e. The van der Waals surface area contributed by atoms with E-state index >= 15 is 0 Å². The second-order valence-electron chi connectivity index (χ2n) is 8.05. The Morgan fingerprint density at radius 1 is 0.838 bits per heavy atom. The van der Waals surface area contributed by atoms with E-state index in [1.54, 1.807) is 24.3 Å². The summed E-state index contributed by atoms with van der Waals surface area (Å²) < 4.78 is 38.1. The molecular formula is C24H27NO12. The van der Waals surface area contributed by atoms with Crippen molar-refractivity contribution in [2.75, 3.05) is 13.7 Å². The molecule has 13 nitrogen and oxygen atoms in total. The van der Waals surface area contributed by atoms with Crippen LogP contribution in [0.5, 0.6) is 5.75 Å². The number of H-pyrrole nitrogens is 1. The molecule has 1 aromatic heterocycles. The van der Waals surface area contributed by atoms with Gasteiger partial charge in [-0.15, -0.1) is 0 Å². The van der Waals surface area contributed by atoms with Gasteiger partial charge in [0.1, 0.15) is 12.7 Å². The summed E-state index contributed by atoms with van der Waals surface area (Å²) in [5.41, 5.74) is 0.472. The van der Waals surface area contributed by atoms with Crippen molar-refractivity contribution in [3.05, 3.63) is 30.0 Å². The molecule has 37 heavy (non-hydrogen) atoms. The Balaban J connectivity index is 2.11. The molecule has 1 N–H and O–H groups in total. The smallest absolute Gasteiger partial charge is 0.358 e. The van der Waals surface area contributed by atoms with Gasteiger partial charge in [-0.2, -0.15) is 0 Å². The molecule has 200 valence electrons. The summed E-state index contributed by atoms with van der Waals surface area (Å²) in [6.45, 7) is 4.08. The van der Waals surface area contributed by atoms with E-state index in [2.05, 4.69) is 4.98 Å². The number of hydrogen-bond donors (Lipinski definition) is 1. The number of carbonyl (C=O) groups is 5. The normalized spacial score (nSPS) is 23.0. The van der Waals surface area contributed by atoms with Crippen LogP contribution in [0, 0.1) is 0 Å². The Bertz CT molecular complexity index is 1190. The standard InChI is InChI=1S/C24H27NO12/c1-11(26)32-10-17-20(33-12(2)27)21(34-13(3)28)22(35-14(4)29)24(36-17)37-19-15-8-6-7-9-16(15)25-18(19)23(30)31-5/h6-9,17,20-22,24-25H,10H2,1-5H3/t17-,20-,21+,22+,24+/m1/s1. The van der Waals surface area contributed by atoms with E-state index in [0.717, 1.165) is 27.7 Å². The minimum Gasteiger partial charge on any atom is -0.464 e. The van der Waals surface area contributed by atoms with Crippen LogP contribution in [0.15, 0.2) is 24.3 Å². The zero-order valence-electron chi connectivity index (χ0n) is 20.8. The van der Waals surface area contributed by atoms with Gasteiger partial charge in [0.2, 0.25) is 12.4 Å². The van der Waals surface area contributed by atoms with Crippen molar-refractivity contribution in [1.29, 1.82) is 0 Å². The number of fused-ring (bicyclic) bond motifs is 1. The van der Waals surface area contributed by atoms with E-state index in [1.807, 2.05) is 0 Å². The molecule has 0 bridgehead atoms. The average Bonchev–Trinajstić information content (AvgIpc) is 3.18. The molecule has 1 aliphatic heterocycles. The quantitative estimate of drug-likeness (QED) is 0.393. The average molecular weight is 521 g/mol. The van der Waals surface area contributed by atoms with Gasteiger partial charge in [0, 0.05) is 38.6 Å². The molecule has 0 saturated carbocycles. The fourth-order valence-electron chi connectivity index (χ4n) is 3.88. The second kappa shape index (κ2) is 11.7. The van der Waals surface area contributed by atoms with Crippen LogP contribution in [0.1, 0.15) is 38.2 Å². The van der Waals surface area contributed by atoms with Crippen molar-refractivity contribution in [2.24, 2.45) is 0 Å². The molecule has 3 rings (SSSR count). The van der Waals surface area contributed by atoms with Crippen molar-refractivity contribution < 1.29 is 57.1 Å². The number of esters is 5. The van der Waals surface area contributed by atoms with Gasteiger partial charge in [0.05, 0.1) is 7.11 Å². The molecule has 13 heteroatoms. The van der Waals surface area contributed by atoms with Crippen molar-refractivity contribution in [3.63, 3.8) is 0 Å². The number of aromatic nitrogens is 1. The SMILES string of the molecule is COC(=O)c1[nH]c2ccccc2c1O[C@@H]1O[C@H](COC(C)=O)[C@@H](OC(C)=O)[C@H](OC(C)=O)[C@@H]1OC(C)=O. The highest BCUT2D eigenvalue weighted by molar-refractivity contribution is 6.00. The van der Waals surface area contributed by atoms with Gasteiger partial charge in [-0.3, -0.25) is 19.2 Å². The molecule has 0 aliphatic carbocycles. The fourth-order valence-corrected chi connectivity index (χ4v) is 3.88. The third kappa shape index (κ3) is 6.55. The Hall–Kier alpha value is -4.13. The molecule has 1 aliphatic rings. The van der Waals surface area contributed by atoms with Crippen molar-refractivity contribution in [1.82, 2.24) is 4.98 Å². The van der Waals surface area contributed by atoms with Crippen LogP contribution in [0.4, 0.5) is 0 Å². The number of rotatable bonds is 8. The van der Waals surface area contributed by atoms with Crippen LogP contribution >= 0.6 is 0 Å². The summed E-state index contributed by atoms with van der Waals surface area (Å²) in [5, 5.41) is 0.468. The first-order valence-corrected chi connectivity index (χ1v) is 11.2. The third-order valence-corrected chi connectivity index (χ3v) is 5.23. The molecule has 0 amide bonds. The summed E-state index contributed by atoms with van der Waals surface area (Å²) in [5.74, 6) is -3.73. The lowest BCUT2D eigenvalue weighted by atomic mass is 9.98. The van der Waals surface area contributed by atoms with Crippen LogP contribution < -0.4 is 4.74 Å². The Kier molecular flexibility index (Phi) is 8.71. The molecule has 0 spiro atoms. The minimum absolute atomic E-state index is 0.00310. The highest BCUT2D eigenvalue weighted by atomic mass is 16.7. The van der Waals surface area contributed by atoms with Gasteiger partial charge in [0.15, 0.2) is 23.7 Å². The van der Waals surface area contributed by atoms with Crippen molar-refractivity contribution in [2.45, 2.75) is 58.4 Å². The van der Waals surface area contributed by atoms with E-state index in [1.165, 1.54) is 7.11 Å². The van der Waals surface area contributed by atoms with E-state index in [4.69, 9.17) is 33.2 Å². The molecule has 0 radical (unpaired) electrons. The van der Waals surface area contributed by atoms with Crippen molar-refractivity contribution in [3.8, 4) is 5.75 Å². The molecule has 2 aromatic rings. The van der Waals surface area contributed by atoms with Crippen molar-refractivity contribution >= 4 is 40.7 Å². The first-order valence-electron chi connectivity index (χ1n) is 11.2. The van der Waals surface area contributed by atoms with Crippen LogP contribution in [-0.2, 0) is 47.6 Å². The number of benzene rings is 1. The lowest BCUT2D eigenvalue weighted by Gasteiger charge is -2.43. The molecular weight excluding hydrogens is 494 g/mol. The van der Waals surface area contributed by atoms with Gasteiger partial charge in [-0.1, -0.05) is 12.1 Å². The van der Waals surface area contributed by atoms with E-state index < -0.39 is 67.2 Å². The highest BCUT2D eigenvalue weighted by Gasteiger charge is 2.53. The molecule has 1 fully saturated rings. The fraction of sp³-hybridized carbons (Fsp3) is 0.458. The van der Waals surface area contributed by atoms with Crippen LogP contribution in [-0.4, -0.2) is 79.3 Å². The zero-order chi connectivity index (χ0) is 27.3. The van der Waals surface area contributed by atoms with Gasteiger partial charge in [-0.25, -0.2) is 4.79 Å². The lowest BCUT2D eigenvalue weighted by Crippen LogP contribution is -2.63. The Morgan fingerprint density at radius 2 is 1.43 bits per heavy atom. The van der Waals surface area contributed by atoms with E-state index in [0.29, 0.717) is 10.9 Å². The third-order valence-electron chi connectivity index (χ3n) is 5.23. The zero-order valence-corrected chi connectivity index (χ0v) is 20.8. The molecule has 1 saturated heterocycles. The minimum atomic E-state index is -1.51. The summed E-state index contributed by atoms with van der Waals surface area (Å²) in [7, 11) is 1.19. The van der Waals surface area contributed by atoms with Gasteiger partial charge in [0.25, 0.3) is 0 Å². The van der Waals surface area contributed by atoms with Gasteiger partial charge in [-0.05, 0) is 12.1 Å². The number of para-hydroxylation sites is 1. The Morgan fingerprint density at radius 3 is 2.03 bits per heavy atom. The van der Waals surface area contributed by atoms with Gasteiger partial charge >= 0.3 is 29.8 Å². The van der Waals surface area contributed by atoms with Crippen LogP contribution in [0.3, 0.4) is 0 Å². The first kappa shape index (κ1) is 27.5. The van der Waals surface area contributed by atoms with E-state index in [9.17, 15) is 24.0 Å². The highest BCUT2D eigenvalue weighted by Crippen LogP contribution is 2.36. The number of aromatic amines is 1. The molecule has 1 aromatic carbocycles. The number of carbonyl (C=O) groups excluding carboxylic acids is 5. The first-order chi connectivity index (χ1) is 17.5. The maximum absolute atomic E-state index is 12.5. The summed E-state index contributed by atoms with van der Waals surface area (Å²) >= 11 is 0. The number of ether oxygens (including phenoxy) is 7. The largest absolute Gasteiger partial charge is 0.464 e. The maximum atomic E-state index is 12.5. The number of methoxy groups -OCH3 is 1. The lowest BCUT2D eigenvalue weighted by molar-refractivity contribution is -0.288. The summed E-state index contributed by atoms with van der Waals surface area (Å²) in [6.07, 6.45) is -6.94. The van der Waals surface area contributed by atoms with Crippen LogP contribution in [0.2, 0.25) is 0 Å². The van der Waals surface area contributed by atoms with E-state index in [-0.39, 0.29) is 11.4 Å². The number of nitrogens with one attached hydrogen (secondary N) is 1. The molecule has 5 atom stereocenters. The van der Waals surface area contributed by atoms with Crippen LogP contribution in [0.25, 0.3) is 10.9 Å². The molecule has 0 unspecified atom stereocenters. The monoisotopic (exact) mass is 521 g/mol. The second-order valence-corrected chi connectivity index (χ2v) is 8.05. The predicted molar refractivity (Wildman–Crippen MR) is 122 cm³/mol. The Labute approximate surface area is 211 Å². The summed E-state index contributed by atoms with van der Waals surface area (Å²) in [6, 6.07) is 6.80. The predicted octanol–water partition coefficient (Wildman–Crippen LogP) is 1.42. The molecule has 2 heterocycles.